The van der Waals surface area contributed by atoms with Crippen LogP contribution in [0.5, 0.6) is 0 Å². The Morgan fingerprint density at radius 2 is 0.682 bits per heavy atom. The van der Waals surface area contributed by atoms with Gasteiger partial charge in [-0.15, -0.1) is 0 Å². The second-order valence-corrected chi connectivity index (χ2v) is 11.4. The lowest BCUT2D eigenvalue weighted by Gasteiger charge is -2.06. The lowest BCUT2D eigenvalue weighted by atomic mass is 10.2. The standard InChI is InChI=1S/C40H66O4/c1-3-5-7-9-11-13-15-17-19-21-23-25-27-29-31-33-37-43-39(41)35-36-40(42)44-38-34-32-30-28-26-24-22-20-18-16-14-12-10-8-6-4-2/h11-14,17-20,23-26H,3-10,15-16,21-22,27-38H2,1-2H3. The van der Waals surface area contributed by atoms with E-state index in [9.17, 15) is 9.59 Å². The first-order valence-corrected chi connectivity index (χ1v) is 17.9. The van der Waals surface area contributed by atoms with E-state index < -0.39 is 0 Å². The Labute approximate surface area is 271 Å². The number of rotatable bonds is 31. The van der Waals surface area contributed by atoms with Gasteiger partial charge in [0.25, 0.3) is 0 Å². The van der Waals surface area contributed by atoms with E-state index in [1.165, 1.54) is 51.4 Å². The number of carbonyl (C=O) groups excluding carboxylic acids is 2. The van der Waals surface area contributed by atoms with Crippen molar-refractivity contribution in [2.75, 3.05) is 13.2 Å². The van der Waals surface area contributed by atoms with Gasteiger partial charge in [-0.05, 0) is 103 Å². The minimum atomic E-state index is -0.315. The summed E-state index contributed by atoms with van der Waals surface area (Å²) < 4.78 is 10.5. The van der Waals surface area contributed by atoms with Crippen molar-refractivity contribution in [3.8, 4) is 0 Å². The predicted molar refractivity (Wildman–Crippen MR) is 190 cm³/mol. The third kappa shape index (κ3) is 35.6. The van der Waals surface area contributed by atoms with E-state index in [0.717, 1.165) is 77.0 Å². The number of ether oxygens (including phenoxy) is 2. The number of allylic oxidation sites excluding steroid dienone is 12. The lowest BCUT2D eigenvalue weighted by molar-refractivity contribution is -0.150. The molecule has 0 aromatic heterocycles. The number of unbranched alkanes of at least 4 members (excludes halogenated alkanes) is 12. The molecule has 0 amide bonds. The van der Waals surface area contributed by atoms with Crippen molar-refractivity contribution < 1.29 is 19.1 Å². The Kier molecular flexibility index (Phi) is 34.4. The first-order valence-electron chi connectivity index (χ1n) is 17.9. The Hall–Kier alpha value is -2.62. The number of esters is 2. The van der Waals surface area contributed by atoms with E-state index in [4.69, 9.17) is 9.47 Å². The minimum Gasteiger partial charge on any atom is -0.466 e. The average molecular weight is 611 g/mol. The van der Waals surface area contributed by atoms with Crippen molar-refractivity contribution in [1.29, 1.82) is 0 Å². The fourth-order valence-electron chi connectivity index (χ4n) is 4.38. The molecule has 0 aliphatic heterocycles. The van der Waals surface area contributed by atoms with Crippen LogP contribution in [0.2, 0.25) is 0 Å². The molecule has 44 heavy (non-hydrogen) atoms. The molecular weight excluding hydrogens is 544 g/mol. The smallest absolute Gasteiger partial charge is 0.306 e. The van der Waals surface area contributed by atoms with Crippen molar-refractivity contribution in [2.45, 2.75) is 155 Å². The molecule has 250 valence electrons. The number of hydrogen-bond donors (Lipinski definition) is 0. The molecule has 0 atom stereocenters. The summed E-state index contributed by atoms with van der Waals surface area (Å²) in [5.74, 6) is -0.630. The van der Waals surface area contributed by atoms with Crippen LogP contribution in [0.4, 0.5) is 0 Å². The van der Waals surface area contributed by atoms with Crippen LogP contribution in [0.3, 0.4) is 0 Å². The number of hydrogen-bond acceptors (Lipinski definition) is 4. The molecule has 0 aromatic carbocycles. The van der Waals surface area contributed by atoms with E-state index in [1.807, 2.05) is 0 Å². The summed E-state index contributed by atoms with van der Waals surface area (Å²) in [5, 5.41) is 0. The van der Waals surface area contributed by atoms with Crippen molar-refractivity contribution in [3.05, 3.63) is 72.9 Å². The SMILES string of the molecule is CCCCCC=CCC=CCC=CCCCCCOC(=O)CCC(=O)OCCCCCC=CCC=CCC=CCCCCC. The van der Waals surface area contributed by atoms with Crippen LogP contribution in [0.15, 0.2) is 72.9 Å². The van der Waals surface area contributed by atoms with Gasteiger partial charge in [-0.3, -0.25) is 9.59 Å². The molecule has 0 aliphatic carbocycles. The maximum Gasteiger partial charge on any atom is 0.306 e. The van der Waals surface area contributed by atoms with Gasteiger partial charge in [0.2, 0.25) is 0 Å². The second kappa shape index (κ2) is 36.6. The maximum absolute atomic E-state index is 11.9. The normalized spacial score (nSPS) is 12.3. The molecule has 0 N–H and O–H groups in total. The van der Waals surface area contributed by atoms with Crippen LogP contribution < -0.4 is 0 Å². The average Bonchev–Trinajstić information content (AvgIpc) is 3.03. The summed E-state index contributed by atoms with van der Waals surface area (Å²) in [6.45, 7) is 5.32. The van der Waals surface area contributed by atoms with Crippen LogP contribution in [0, 0.1) is 0 Å². The van der Waals surface area contributed by atoms with Gasteiger partial charge in [0.15, 0.2) is 0 Å². The molecule has 0 spiro atoms. The molecule has 0 aromatic rings. The second-order valence-electron chi connectivity index (χ2n) is 11.4. The van der Waals surface area contributed by atoms with Gasteiger partial charge in [-0.2, -0.15) is 0 Å². The van der Waals surface area contributed by atoms with Crippen LogP contribution in [-0.4, -0.2) is 25.2 Å². The topological polar surface area (TPSA) is 52.6 Å². The molecule has 0 aliphatic rings. The Morgan fingerprint density at radius 1 is 0.386 bits per heavy atom. The van der Waals surface area contributed by atoms with Crippen molar-refractivity contribution >= 4 is 11.9 Å². The fraction of sp³-hybridized carbons (Fsp3) is 0.650. The zero-order chi connectivity index (χ0) is 32.0. The van der Waals surface area contributed by atoms with E-state index >= 15 is 0 Å². The Morgan fingerprint density at radius 3 is 1.00 bits per heavy atom. The van der Waals surface area contributed by atoms with Gasteiger partial charge in [0.05, 0.1) is 26.1 Å². The molecule has 4 heteroatoms. The monoisotopic (exact) mass is 610 g/mol. The molecular formula is C40H66O4. The van der Waals surface area contributed by atoms with Gasteiger partial charge in [-0.1, -0.05) is 112 Å². The molecule has 0 unspecified atom stereocenters. The van der Waals surface area contributed by atoms with Gasteiger partial charge in [0.1, 0.15) is 0 Å². The number of carbonyl (C=O) groups is 2. The zero-order valence-corrected chi connectivity index (χ0v) is 28.5. The van der Waals surface area contributed by atoms with E-state index in [-0.39, 0.29) is 24.8 Å². The highest BCUT2D eigenvalue weighted by Gasteiger charge is 2.09. The molecule has 0 radical (unpaired) electrons. The zero-order valence-electron chi connectivity index (χ0n) is 28.5. The summed E-state index contributed by atoms with van der Waals surface area (Å²) in [6, 6.07) is 0. The van der Waals surface area contributed by atoms with Crippen LogP contribution in [-0.2, 0) is 19.1 Å². The molecule has 0 rings (SSSR count). The largest absolute Gasteiger partial charge is 0.466 e. The van der Waals surface area contributed by atoms with E-state index in [1.54, 1.807) is 0 Å². The highest BCUT2D eigenvalue weighted by molar-refractivity contribution is 5.77. The van der Waals surface area contributed by atoms with Gasteiger partial charge < -0.3 is 9.47 Å². The summed E-state index contributed by atoms with van der Waals surface area (Å²) in [5.41, 5.74) is 0. The first-order chi connectivity index (χ1) is 21.7. The van der Waals surface area contributed by atoms with E-state index in [2.05, 4.69) is 86.8 Å². The maximum atomic E-state index is 11.9. The molecule has 0 fully saturated rings. The molecule has 4 nitrogen and oxygen atoms in total. The third-order valence-electron chi connectivity index (χ3n) is 7.13. The lowest BCUT2D eigenvalue weighted by Crippen LogP contribution is -2.11. The minimum absolute atomic E-state index is 0.0955. The Bertz CT molecular complexity index is 747. The molecule has 0 saturated heterocycles. The first kappa shape index (κ1) is 41.4. The quantitative estimate of drug-likeness (QED) is 0.0445. The third-order valence-corrected chi connectivity index (χ3v) is 7.13. The Balaban J connectivity index is 3.49. The fourth-order valence-corrected chi connectivity index (χ4v) is 4.38. The summed E-state index contributed by atoms with van der Waals surface area (Å²) >= 11 is 0. The predicted octanol–water partition coefficient (Wildman–Crippen LogP) is 12.0. The molecule has 0 saturated carbocycles. The highest BCUT2D eigenvalue weighted by Crippen LogP contribution is 2.06. The van der Waals surface area contributed by atoms with Gasteiger partial charge in [0, 0.05) is 0 Å². The summed E-state index contributed by atoms with van der Waals surface area (Å²) in [7, 11) is 0. The van der Waals surface area contributed by atoms with E-state index in [0.29, 0.717) is 13.2 Å². The van der Waals surface area contributed by atoms with Crippen molar-refractivity contribution in [1.82, 2.24) is 0 Å². The van der Waals surface area contributed by atoms with Gasteiger partial charge >= 0.3 is 11.9 Å². The molecule has 0 heterocycles. The van der Waals surface area contributed by atoms with Crippen LogP contribution in [0.25, 0.3) is 0 Å². The van der Waals surface area contributed by atoms with Crippen LogP contribution in [0.1, 0.15) is 155 Å². The van der Waals surface area contributed by atoms with Crippen molar-refractivity contribution in [2.24, 2.45) is 0 Å². The molecule has 0 bridgehead atoms. The summed E-state index contributed by atoms with van der Waals surface area (Å²) in [4.78, 5) is 23.8. The highest BCUT2D eigenvalue weighted by atomic mass is 16.5. The van der Waals surface area contributed by atoms with Gasteiger partial charge in [-0.25, -0.2) is 0 Å². The van der Waals surface area contributed by atoms with Crippen molar-refractivity contribution in [3.63, 3.8) is 0 Å². The van der Waals surface area contributed by atoms with Crippen LogP contribution >= 0.6 is 0 Å². The summed E-state index contributed by atoms with van der Waals surface area (Å²) in [6.07, 6.45) is 49.4.